The van der Waals surface area contributed by atoms with Gasteiger partial charge in [-0.1, -0.05) is 0 Å². The number of sulfonamides is 1. The first-order valence-corrected chi connectivity index (χ1v) is 7.81. The molecule has 1 heterocycles. The summed E-state index contributed by atoms with van der Waals surface area (Å²) in [4.78, 5) is 12.0. The van der Waals surface area contributed by atoms with Crippen LogP contribution >= 0.6 is 0 Å². The van der Waals surface area contributed by atoms with Crippen molar-refractivity contribution in [3.8, 4) is 5.75 Å². The highest BCUT2D eigenvalue weighted by Gasteiger charge is 2.24. The van der Waals surface area contributed by atoms with Gasteiger partial charge in [-0.15, -0.1) is 0 Å². The minimum absolute atomic E-state index is 0.341. The van der Waals surface area contributed by atoms with Crippen molar-refractivity contribution >= 4 is 21.4 Å². The molecule has 0 radical (unpaired) electrons. The molecule has 0 aliphatic carbocycles. The van der Waals surface area contributed by atoms with E-state index in [1.54, 1.807) is 6.07 Å². The molecule has 0 amide bonds. The van der Waals surface area contributed by atoms with Crippen LogP contribution in [0.3, 0.4) is 0 Å². The van der Waals surface area contributed by atoms with Crippen LogP contribution < -0.4 is 4.90 Å². The Morgan fingerprint density at radius 1 is 1.25 bits per heavy atom. The number of phenolic OH excluding ortho intramolecular Hbond substituents is 1. The van der Waals surface area contributed by atoms with E-state index in [1.165, 1.54) is 16.4 Å². The van der Waals surface area contributed by atoms with E-state index in [0.717, 1.165) is 6.26 Å². The first-order valence-electron chi connectivity index (χ1n) is 5.96. The van der Waals surface area contributed by atoms with Crippen molar-refractivity contribution in [3.05, 3.63) is 28.3 Å². The second kappa shape index (κ2) is 5.25. The lowest BCUT2D eigenvalue weighted by Crippen LogP contribution is -2.48. The molecule has 0 spiro atoms. The lowest BCUT2D eigenvalue weighted by molar-refractivity contribution is -0.385. The van der Waals surface area contributed by atoms with Gasteiger partial charge in [0, 0.05) is 37.9 Å². The molecule has 1 fully saturated rings. The predicted molar refractivity (Wildman–Crippen MR) is 73.4 cm³/mol. The Morgan fingerprint density at radius 2 is 1.85 bits per heavy atom. The fraction of sp³-hybridized carbons (Fsp3) is 0.455. The number of piperazine rings is 1. The van der Waals surface area contributed by atoms with E-state index in [-0.39, 0.29) is 11.4 Å². The van der Waals surface area contributed by atoms with Gasteiger partial charge in [-0.2, -0.15) is 4.31 Å². The molecular formula is C11H15N3O5S. The molecule has 0 atom stereocenters. The molecular weight excluding hydrogens is 286 g/mol. The second-order valence-electron chi connectivity index (χ2n) is 4.58. The zero-order valence-electron chi connectivity index (χ0n) is 10.9. The van der Waals surface area contributed by atoms with Gasteiger partial charge < -0.3 is 10.0 Å². The smallest absolute Gasteiger partial charge is 0.312 e. The third-order valence-electron chi connectivity index (χ3n) is 3.23. The Labute approximate surface area is 116 Å². The van der Waals surface area contributed by atoms with Gasteiger partial charge in [0.2, 0.25) is 10.0 Å². The van der Waals surface area contributed by atoms with Gasteiger partial charge in [0.1, 0.15) is 0 Å². The van der Waals surface area contributed by atoms with Crippen molar-refractivity contribution in [2.24, 2.45) is 0 Å². The van der Waals surface area contributed by atoms with Crippen molar-refractivity contribution in [2.75, 3.05) is 37.3 Å². The number of aromatic hydroxyl groups is 1. The monoisotopic (exact) mass is 301 g/mol. The number of rotatable bonds is 3. The zero-order valence-corrected chi connectivity index (χ0v) is 11.7. The molecule has 0 aromatic heterocycles. The first-order chi connectivity index (χ1) is 9.29. The summed E-state index contributed by atoms with van der Waals surface area (Å²) in [6.45, 7) is 1.59. The van der Waals surface area contributed by atoms with Gasteiger partial charge in [-0.25, -0.2) is 8.42 Å². The largest absolute Gasteiger partial charge is 0.502 e. The fourth-order valence-electron chi connectivity index (χ4n) is 2.13. The highest BCUT2D eigenvalue weighted by atomic mass is 32.2. The van der Waals surface area contributed by atoms with Crippen LogP contribution in [0.1, 0.15) is 0 Å². The van der Waals surface area contributed by atoms with Crippen molar-refractivity contribution < 1.29 is 18.4 Å². The molecule has 1 saturated heterocycles. The van der Waals surface area contributed by atoms with Crippen LogP contribution in [0.15, 0.2) is 18.2 Å². The number of benzene rings is 1. The summed E-state index contributed by atoms with van der Waals surface area (Å²) in [5, 5.41) is 20.2. The van der Waals surface area contributed by atoms with Gasteiger partial charge in [0.25, 0.3) is 0 Å². The quantitative estimate of drug-likeness (QED) is 0.639. The van der Waals surface area contributed by atoms with Crippen LogP contribution in [0, 0.1) is 10.1 Å². The number of nitro groups is 1. The summed E-state index contributed by atoms with van der Waals surface area (Å²) in [7, 11) is -3.20. The van der Waals surface area contributed by atoms with Crippen LogP contribution in [-0.4, -0.2) is 55.2 Å². The third-order valence-corrected chi connectivity index (χ3v) is 4.53. The lowest BCUT2D eigenvalue weighted by atomic mass is 10.2. The molecule has 2 rings (SSSR count). The van der Waals surface area contributed by atoms with E-state index in [9.17, 15) is 23.6 Å². The van der Waals surface area contributed by atoms with Gasteiger partial charge in [0.15, 0.2) is 5.75 Å². The highest BCUT2D eigenvalue weighted by molar-refractivity contribution is 7.88. The second-order valence-corrected chi connectivity index (χ2v) is 6.56. The van der Waals surface area contributed by atoms with E-state index in [2.05, 4.69) is 0 Å². The van der Waals surface area contributed by atoms with E-state index >= 15 is 0 Å². The number of hydrogen-bond acceptors (Lipinski definition) is 6. The van der Waals surface area contributed by atoms with Crippen LogP contribution in [0.4, 0.5) is 11.4 Å². The Balaban J connectivity index is 2.15. The molecule has 1 aliphatic heterocycles. The SMILES string of the molecule is CS(=O)(=O)N1CCN(c2ccc(O)c([N+](=O)[O-])c2)CC1. The molecule has 9 heteroatoms. The predicted octanol–water partition coefficient (Wildman–Crippen LogP) is 0.382. The maximum atomic E-state index is 11.4. The molecule has 1 aromatic rings. The number of nitrogens with zero attached hydrogens (tertiary/aromatic N) is 3. The van der Waals surface area contributed by atoms with Crippen molar-refractivity contribution in [3.63, 3.8) is 0 Å². The molecule has 8 nitrogen and oxygen atoms in total. The van der Waals surface area contributed by atoms with Crippen molar-refractivity contribution in [1.29, 1.82) is 0 Å². The Bertz CT molecular complexity index is 623. The van der Waals surface area contributed by atoms with Gasteiger partial charge in [-0.3, -0.25) is 10.1 Å². The van der Waals surface area contributed by atoms with Crippen molar-refractivity contribution in [2.45, 2.75) is 0 Å². The van der Waals surface area contributed by atoms with Crippen molar-refractivity contribution in [1.82, 2.24) is 4.31 Å². The lowest BCUT2D eigenvalue weighted by Gasteiger charge is -2.34. The average molecular weight is 301 g/mol. The zero-order chi connectivity index (χ0) is 14.9. The van der Waals surface area contributed by atoms with Crippen LogP contribution in [0.2, 0.25) is 0 Å². The number of hydrogen-bond donors (Lipinski definition) is 1. The Kier molecular flexibility index (Phi) is 3.82. The molecule has 0 bridgehead atoms. The standard InChI is InChI=1S/C11H15N3O5S/c1-20(18,19)13-6-4-12(5-7-13)9-2-3-11(15)10(8-9)14(16)17/h2-3,8,15H,4-7H2,1H3. The topological polar surface area (TPSA) is 104 Å². The summed E-state index contributed by atoms with van der Waals surface area (Å²) in [6.07, 6.45) is 1.16. The van der Waals surface area contributed by atoms with E-state index in [4.69, 9.17) is 0 Å². The summed E-state index contributed by atoms with van der Waals surface area (Å²) >= 11 is 0. The van der Waals surface area contributed by atoms with Gasteiger partial charge >= 0.3 is 5.69 Å². The molecule has 1 N–H and O–H groups in total. The average Bonchev–Trinajstić information content (AvgIpc) is 2.38. The molecule has 0 saturated carbocycles. The van der Waals surface area contributed by atoms with Crippen LogP contribution in [0.25, 0.3) is 0 Å². The molecule has 110 valence electrons. The van der Waals surface area contributed by atoms with E-state index in [1.807, 2.05) is 4.90 Å². The molecule has 1 aliphatic rings. The van der Waals surface area contributed by atoms with Gasteiger partial charge in [-0.05, 0) is 12.1 Å². The minimum Gasteiger partial charge on any atom is -0.502 e. The summed E-state index contributed by atoms with van der Waals surface area (Å²) in [6, 6.07) is 4.15. The minimum atomic E-state index is -3.20. The summed E-state index contributed by atoms with van der Waals surface area (Å²) in [5.74, 6) is -0.381. The fourth-order valence-corrected chi connectivity index (χ4v) is 2.96. The molecule has 1 aromatic carbocycles. The maximum Gasteiger partial charge on any atom is 0.312 e. The molecule has 0 unspecified atom stereocenters. The Hall–Kier alpha value is -1.87. The van der Waals surface area contributed by atoms with Crippen LogP contribution in [0.5, 0.6) is 5.75 Å². The summed E-state index contributed by atoms with van der Waals surface area (Å²) in [5.41, 5.74) is 0.246. The maximum absolute atomic E-state index is 11.4. The Morgan fingerprint density at radius 3 is 2.35 bits per heavy atom. The highest BCUT2D eigenvalue weighted by Crippen LogP contribution is 2.30. The van der Waals surface area contributed by atoms with Gasteiger partial charge in [0.05, 0.1) is 11.2 Å². The van der Waals surface area contributed by atoms with E-state index < -0.39 is 14.9 Å². The number of anilines is 1. The normalized spacial score (nSPS) is 17.1. The summed E-state index contributed by atoms with van der Waals surface area (Å²) < 4.78 is 24.2. The van der Waals surface area contributed by atoms with Crippen LogP contribution in [-0.2, 0) is 10.0 Å². The number of phenols is 1. The van der Waals surface area contributed by atoms with E-state index in [0.29, 0.717) is 31.9 Å². The number of nitro benzene ring substituents is 1. The third kappa shape index (κ3) is 2.99. The molecule has 20 heavy (non-hydrogen) atoms. The first kappa shape index (κ1) is 14.5.